The van der Waals surface area contributed by atoms with Crippen LogP contribution in [0.25, 0.3) is 0 Å². The predicted molar refractivity (Wildman–Crippen MR) is 221 cm³/mol. The number of ether oxygens (including phenoxy) is 2. The van der Waals surface area contributed by atoms with Crippen LogP contribution < -0.4 is 5.73 Å². The second-order valence-electron chi connectivity index (χ2n) is 14.0. The molecule has 10 nitrogen and oxygen atoms in total. The quantitative estimate of drug-likeness (QED) is 0.0237. The first-order chi connectivity index (χ1) is 26.2. The van der Waals surface area contributed by atoms with E-state index in [9.17, 15) is 24.2 Å². The number of carbonyl (C=O) groups excluding carboxylic acids is 2. The molecule has 54 heavy (non-hydrogen) atoms. The summed E-state index contributed by atoms with van der Waals surface area (Å²) in [5.41, 5.74) is 5.34. The normalized spacial score (nSPS) is 14.4. The number of allylic oxidation sites excluding steroid dienone is 7. The molecule has 0 amide bonds. The van der Waals surface area contributed by atoms with Gasteiger partial charge < -0.3 is 25.2 Å². The van der Waals surface area contributed by atoms with E-state index in [4.69, 9.17) is 24.3 Å². The number of aliphatic hydroxyl groups is 1. The second-order valence-corrected chi connectivity index (χ2v) is 15.5. The molecule has 0 aromatic rings. The Hall–Kier alpha value is -2.07. The zero-order valence-corrected chi connectivity index (χ0v) is 35.0. The van der Waals surface area contributed by atoms with Crippen LogP contribution in [0.5, 0.6) is 0 Å². The molecule has 0 aromatic carbocycles. The van der Waals surface area contributed by atoms with Gasteiger partial charge in [-0.2, -0.15) is 0 Å². The SMILES string of the molecule is CCCCCCCCCCCCCCCCCC(=O)O[C@H](COC(=O)CCC/C=C\C/C=C\C/C=C\C/C=C\[C@@H](O)CCCC)COP(=O)(O)OCCN. The van der Waals surface area contributed by atoms with Crippen LogP contribution in [0.1, 0.15) is 174 Å². The van der Waals surface area contributed by atoms with Gasteiger partial charge in [-0.3, -0.25) is 18.6 Å². The van der Waals surface area contributed by atoms with Crippen LogP contribution in [0.3, 0.4) is 0 Å². The lowest BCUT2D eigenvalue weighted by Crippen LogP contribution is -2.29. The van der Waals surface area contributed by atoms with E-state index in [-0.39, 0.29) is 38.7 Å². The monoisotopic (exact) mass is 784 g/mol. The molecule has 0 heterocycles. The molecule has 0 bridgehead atoms. The number of hydrogen-bond acceptors (Lipinski definition) is 9. The van der Waals surface area contributed by atoms with Crippen molar-refractivity contribution < 1.29 is 42.7 Å². The van der Waals surface area contributed by atoms with Crippen LogP contribution in [0.4, 0.5) is 0 Å². The molecular formula is C43H78NO9P. The molecule has 4 N–H and O–H groups in total. The highest BCUT2D eigenvalue weighted by Crippen LogP contribution is 2.43. The first-order valence-corrected chi connectivity index (χ1v) is 22.7. The van der Waals surface area contributed by atoms with Gasteiger partial charge in [0, 0.05) is 19.4 Å². The first kappa shape index (κ1) is 51.9. The molecule has 0 aliphatic rings. The Kier molecular flexibility index (Phi) is 37.7. The highest BCUT2D eigenvalue weighted by atomic mass is 31.2. The van der Waals surface area contributed by atoms with Gasteiger partial charge >= 0.3 is 19.8 Å². The summed E-state index contributed by atoms with van der Waals surface area (Å²) in [5.74, 6) is -0.915. The van der Waals surface area contributed by atoms with E-state index in [1.165, 1.54) is 70.6 Å². The smallest absolute Gasteiger partial charge is 0.462 e. The van der Waals surface area contributed by atoms with Crippen LogP contribution in [-0.4, -0.2) is 60.5 Å². The van der Waals surface area contributed by atoms with E-state index in [1.807, 2.05) is 18.2 Å². The van der Waals surface area contributed by atoms with Gasteiger partial charge in [0.2, 0.25) is 0 Å². The summed E-state index contributed by atoms with van der Waals surface area (Å²) in [4.78, 5) is 34.8. The third kappa shape index (κ3) is 38.2. The van der Waals surface area contributed by atoms with E-state index < -0.39 is 32.5 Å². The second kappa shape index (κ2) is 39.2. The maximum atomic E-state index is 12.6. The maximum Gasteiger partial charge on any atom is 0.472 e. The first-order valence-electron chi connectivity index (χ1n) is 21.2. The fourth-order valence-electron chi connectivity index (χ4n) is 5.59. The van der Waals surface area contributed by atoms with Gasteiger partial charge in [-0.15, -0.1) is 0 Å². The molecule has 0 radical (unpaired) electrons. The lowest BCUT2D eigenvalue weighted by Gasteiger charge is -2.19. The summed E-state index contributed by atoms with van der Waals surface area (Å²) >= 11 is 0. The Morgan fingerprint density at radius 1 is 0.630 bits per heavy atom. The summed E-state index contributed by atoms with van der Waals surface area (Å²) in [6, 6.07) is 0. The number of nitrogens with two attached hydrogens (primary N) is 1. The standard InChI is InChI=1S/C43H78NO9P/c1-3-5-7-8-9-10-11-12-13-14-19-22-25-28-31-35-43(47)53-41(39-52-54(48,49)51-37-36-44)38-50-42(46)34-30-27-24-21-18-16-15-17-20-23-26-29-33-40(45)32-6-4-2/h15-16,20-21,23-24,29,33,40-41,45H,3-14,17-19,22,25-28,30-32,34-39,44H2,1-2H3,(H,48,49)/b16-15-,23-20-,24-21-,33-29-/t40-,41+/m0/s1. The Morgan fingerprint density at radius 3 is 1.69 bits per heavy atom. The van der Waals surface area contributed by atoms with E-state index in [1.54, 1.807) is 0 Å². The molecule has 11 heteroatoms. The summed E-state index contributed by atoms with van der Waals surface area (Å²) in [6.07, 6.45) is 40.5. The van der Waals surface area contributed by atoms with Crippen LogP contribution in [0.15, 0.2) is 48.6 Å². The van der Waals surface area contributed by atoms with E-state index in [0.29, 0.717) is 19.3 Å². The van der Waals surface area contributed by atoms with Gasteiger partial charge in [-0.05, 0) is 44.9 Å². The molecule has 3 atom stereocenters. The van der Waals surface area contributed by atoms with E-state index >= 15 is 0 Å². The van der Waals surface area contributed by atoms with Crippen molar-refractivity contribution in [3.8, 4) is 0 Å². The number of rotatable bonds is 39. The minimum Gasteiger partial charge on any atom is -0.462 e. The minimum absolute atomic E-state index is 0.0395. The lowest BCUT2D eigenvalue weighted by atomic mass is 10.0. The Bertz CT molecular complexity index is 1050. The Balaban J connectivity index is 4.28. The number of phosphoric acid groups is 1. The van der Waals surface area contributed by atoms with Crippen molar-refractivity contribution in [2.75, 3.05) is 26.4 Å². The molecule has 0 saturated heterocycles. The lowest BCUT2D eigenvalue weighted by molar-refractivity contribution is -0.161. The molecule has 0 aromatic heterocycles. The summed E-state index contributed by atoms with van der Waals surface area (Å²) in [5, 5.41) is 9.80. The van der Waals surface area contributed by atoms with Gasteiger partial charge in [-0.1, -0.05) is 165 Å². The average molecular weight is 784 g/mol. The predicted octanol–water partition coefficient (Wildman–Crippen LogP) is 10.9. The molecule has 0 spiro atoms. The molecule has 0 aliphatic heterocycles. The number of unbranched alkanes of at least 4 members (excludes halogenated alkanes) is 16. The van der Waals surface area contributed by atoms with Gasteiger partial charge in [0.05, 0.1) is 19.3 Å². The van der Waals surface area contributed by atoms with Crippen LogP contribution in [-0.2, 0) is 32.7 Å². The highest BCUT2D eigenvalue weighted by molar-refractivity contribution is 7.47. The molecule has 314 valence electrons. The van der Waals surface area contributed by atoms with Crippen molar-refractivity contribution >= 4 is 19.8 Å². The van der Waals surface area contributed by atoms with Crippen molar-refractivity contribution in [3.63, 3.8) is 0 Å². The Labute approximate surface area is 329 Å². The summed E-state index contributed by atoms with van der Waals surface area (Å²) in [7, 11) is -4.40. The van der Waals surface area contributed by atoms with Gasteiger partial charge in [0.15, 0.2) is 6.10 Å². The number of hydrogen-bond donors (Lipinski definition) is 3. The van der Waals surface area contributed by atoms with Crippen LogP contribution in [0, 0.1) is 0 Å². The third-order valence-electron chi connectivity index (χ3n) is 8.79. The number of carbonyl (C=O) groups is 2. The number of phosphoric ester groups is 1. The van der Waals surface area contributed by atoms with Crippen molar-refractivity contribution in [1.29, 1.82) is 0 Å². The van der Waals surface area contributed by atoms with Gasteiger partial charge in [0.25, 0.3) is 0 Å². The average Bonchev–Trinajstić information content (AvgIpc) is 3.15. The fraction of sp³-hybridized carbons (Fsp3) is 0.767. The van der Waals surface area contributed by atoms with Gasteiger partial charge in [-0.25, -0.2) is 4.57 Å². The largest absolute Gasteiger partial charge is 0.472 e. The van der Waals surface area contributed by atoms with E-state index in [2.05, 4.69) is 44.2 Å². The van der Waals surface area contributed by atoms with Crippen molar-refractivity contribution in [2.24, 2.45) is 5.73 Å². The van der Waals surface area contributed by atoms with Crippen molar-refractivity contribution in [2.45, 2.75) is 187 Å². The number of esters is 2. The zero-order valence-electron chi connectivity index (χ0n) is 34.1. The minimum atomic E-state index is -4.40. The van der Waals surface area contributed by atoms with E-state index in [0.717, 1.165) is 57.8 Å². The molecule has 0 aliphatic carbocycles. The van der Waals surface area contributed by atoms with Crippen LogP contribution in [0.2, 0.25) is 0 Å². The maximum absolute atomic E-state index is 12.6. The topological polar surface area (TPSA) is 155 Å². The highest BCUT2D eigenvalue weighted by Gasteiger charge is 2.26. The zero-order chi connectivity index (χ0) is 39.8. The fourth-order valence-corrected chi connectivity index (χ4v) is 6.35. The molecular weight excluding hydrogens is 705 g/mol. The summed E-state index contributed by atoms with van der Waals surface area (Å²) in [6.45, 7) is 3.50. The van der Waals surface area contributed by atoms with Crippen molar-refractivity contribution in [3.05, 3.63) is 48.6 Å². The van der Waals surface area contributed by atoms with Crippen LogP contribution >= 0.6 is 7.82 Å². The molecule has 0 fully saturated rings. The molecule has 1 unspecified atom stereocenters. The van der Waals surface area contributed by atoms with Gasteiger partial charge in [0.1, 0.15) is 6.61 Å². The third-order valence-corrected chi connectivity index (χ3v) is 9.77. The number of aliphatic hydroxyl groups excluding tert-OH is 1. The van der Waals surface area contributed by atoms with Crippen molar-refractivity contribution in [1.82, 2.24) is 0 Å². The molecule has 0 rings (SSSR count). The Morgan fingerprint density at radius 2 is 1.13 bits per heavy atom. The summed E-state index contributed by atoms with van der Waals surface area (Å²) < 4.78 is 32.7. The molecule has 0 saturated carbocycles.